The van der Waals surface area contributed by atoms with Crippen LogP contribution in [-0.4, -0.2) is 75.1 Å². The number of aromatic nitrogens is 3. The number of nitrogens with zero attached hydrogens (tertiary/aromatic N) is 5. The minimum Gasteiger partial charge on any atom is -0.356 e. The third kappa shape index (κ3) is 4.80. The average Bonchev–Trinajstić information content (AvgIpc) is 3.13. The molecule has 2 aromatic rings. The number of aryl methyl sites for hydroxylation is 1. The van der Waals surface area contributed by atoms with Crippen LogP contribution in [0, 0.1) is 0 Å². The van der Waals surface area contributed by atoms with Gasteiger partial charge >= 0.3 is 0 Å². The second-order valence-electron chi connectivity index (χ2n) is 8.49. The topological polar surface area (TPSA) is 83.4 Å². The van der Waals surface area contributed by atoms with Crippen LogP contribution in [-0.2, 0) is 11.8 Å². The molecule has 2 aliphatic heterocycles. The Morgan fingerprint density at radius 3 is 2.70 bits per heavy atom. The third-order valence-electron chi connectivity index (χ3n) is 6.35. The maximum atomic E-state index is 13.2. The smallest absolute Gasteiger partial charge is 0.255 e. The number of rotatable bonds is 1. The second kappa shape index (κ2) is 9.55. The summed E-state index contributed by atoms with van der Waals surface area (Å²) in [6, 6.07) is 2.24. The summed E-state index contributed by atoms with van der Waals surface area (Å²) < 4.78 is 1.74. The van der Waals surface area contributed by atoms with Crippen molar-refractivity contribution in [2.45, 2.75) is 51.0 Å². The first-order chi connectivity index (χ1) is 14.6. The summed E-state index contributed by atoms with van der Waals surface area (Å²) in [5, 5.41) is 7.27. The Morgan fingerprint density at radius 1 is 1.07 bits per heavy atom. The standard InChI is InChI=1S/C22H32N6O2/c1-26-20-13-17(15-24-19(20)16-25-26)22(30)28-11-5-4-10-27-9-3-2-7-18(27)14-21(29)23-8-6-12-28/h13,15-16,18H,2-12,14H2,1H3,(H,23,29). The van der Waals surface area contributed by atoms with Crippen molar-refractivity contribution in [1.29, 1.82) is 0 Å². The number of carbonyl (C=O) groups is 2. The Hall–Kier alpha value is -2.48. The molecular formula is C22H32N6O2. The number of hydrogen-bond acceptors (Lipinski definition) is 5. The van der Waals surface area contributed by atoms with E-state index < -0.39 is 0 Å². The summed E-state index contributed by atoms with van der Waals surface area (Å²) in [6.45, 7) is 4.05. The minimum absolute atomic E-state index is 0.00245. The highest BCUT2D eigenvalue weighted by atomic mass is 16.2. The van der Waals surface area contributed by atoms with Crippen LogP contribution in [0.5, 0.6) is 0 Å². The van der Waals surface area contributed by atoms with E-state index in [2.05, 4.69) is 20.3 Å². The van der Waals surface area contributed by atoms with Gasteiger partial charge in [-0.1, -0.05) is 6.42 Å². The Kier molecular flexibility index (Phi) is 6.62. The fourth-order valence-corrected chi connectivity index (χ4v) is 4.63. The van der Waals surface area contributed by atoms with Crippen molar-refractivity contribution in [3.05, 3.63) is 24.0 Å². The molecule has 0 saturated carbocycles. The lowest BCUT2D eigenvalue weighted by Crippen LogP contribution is -2.43. The Morgan fingerprint density at radius 2 is 1.83 bits per heavy atom. The van der Waals surface area contributed by atoms with E-state index in [1.165, 1.54) is 12.8 Å². The van der Waals surface area contributed by atoms with E-state index in [9.17, 15) is 9.59 Å². The normalized spacial score (nSPS) is 22.5. The Balaban J connectivity index is 1.45. The van der Waals surface area contributed by atoms with Crippen molar-refractivity contribution in [2.75, 3.05) is 32.7 Å². The predicted octanol–water partition coefficient (Wildman–Crippen LogP) is 1.96. The molecule has 0 radical (unpaired) electrons. The van der Waals surface area contributed by atoms with Gasteiger partial charge in [0.2, 0.25) is 5.91 Å². The van der Waals surface area contributed by atoms with Crippen LogP contribution in [0.4, 0.5) is 0 Å². The molecule has 2 amide bonds. The third-order valence-corrected chi connectivity index (χ3v) is 6.35. The highest BCUT2D eigenvalue weighted by molar-refractivity contribution is 5.96. The Bertz CT molecular complexity index is 895. The van der Waals surface area contributed by atoms with Gasteiger partial charge in [-0.25, -0.2) is 0 Å². The molecule has 4 heterocycles. The van der Waals surface area contributed by atoms with Crippen LogP contribution in [0.3, 0.4) is 0 Å². The quantitative estimate of drug-likeness (QED) is 0.774. The number of piperidine rings is 1. The zero-order valence-electron chi connectivity index (χ0n) is 17.8. The molecule has 4 rings (SSSR count). The van der Waals surface area contributed by atoms with Crippen molar-refractivity contribution in [2.24, 2.45) is 7.05 Å². The fourth-order valence-electron chi connectivity index (χ4n) is 4.63. The van der Waals surface area contributed by atoms with Gasteiger partial charge in [0.25, 0.3) is 5.91 Å². The van der Waals surface area contributed by atoms with Gasteiger partial charge in [0.15, 0.2) is 0 Å². The van der Waals surface area contributed by atoms with Gasteiger partial charge in [0, 0.05) is 45.3 Å². The molecule has 0 bridgehead atoms. The molecule has 8 heteroatoms. The number of hydrogen-bond donors (Lipinski definition) is 1. The zero-order chi connectivity index (χ0) is 20.9. The average molecular weight is 413 g/mol. The maximum absolute atomic E-state index is 13.2. The molecular weight excluding hydrogens is 380 g/mol. The molecule has 2 aromatic heterocycles. The molecule has 162 valence electrons. The molecule has 2 aliphatic rings. The first-order valence-corrected chi connectivity index (χ1v) is 11.2. The second-order valence-corrected chi connectivity index (χ2v) is 8.49. The monoisotopic (exact) mass is 412 g/mol. The van der Waals surface area contributed by atoms with Crippen molar-refractivity contribution in [3.63, 3.8) is 0 Å². The van der Waals surface area contributed by atoms with Gasteiger partial charge in [-0.2, -0.15) is 5.10 Å². The van der Waals surface area contributed by atoms with Crippen molar-refractivity contribution in [3.8, 4) is 0 Å². The summed E-state index contributed by atoms with van der Waals surface area (Å²) in [7, 11) is 1.86. The SMILES string of the molecule is Cn1ncc2ncc(C(=O)N3CCCCN4CCCCC4CC(=O)NCCC3)cc21. The van der Waals surface area contributed by atoms with E-state index in [0.717, 1.165) is 56.4 Å². The van der Waals surface area contributed by atoms with Gasteiger partial charge in [-0.05, 0) is 51.3 Å². The highest BCUT2D eigenvalue weighted by Crippen LogP contribution is 2.21. The summed E-state index contributed by atoms with van der Waals surface area (Å²) in [4.78, 5) is 34.4. The van der Waals surface area contributed by atoms with Crippen molar-refractivity contribution in [1.82, 2.24) is 29.9 Å². The molecule has 1 unspecified atom stereocenters. The molecule has 1 atom stereocenters. The lowest BCUT2D eigenvalue weighted by molar-refractivity contribution is -0.122. The van der Waals surface area contributed by atoms with Gasteiger partial charge < -0.3 is 10.2 Å². The summed E-state index contributed by atoms with van der Waals surface area (Å²) in [6.07, 6.45) is 10.3. The Labute approximate surface area is 177 Å². The number of nitrogens with one attached hydrogen (secondary N) is 1. The summed E-state index contributed by atoms with van der Waals surface area (Å²) >= 11 is 0. The van der Waals surface area contributed by atoms with Gasteiger partial charge in [0.1, 0.15) is 5.52 Å². The number of pyridine rings is 1. The van der Waals surface area contributed by atoms with E-state index >= 15 is 0 Å². The maximum Gasteiger partial charge on any atom is 0.255 e. The van der Waals surface area contributed by atoms with Gasteiger partial charge in [0.05, 0.1) is 17.3 Å². The summed E-state index contributed by atoms with van der Waals surface area (Å²) in [5.41, 5.74) is 2.24. The molecule has 1 N–H and O–H groups in total. The molecule has 2 fully saturated rings. The van der Waals surface area contributed by atoms with Crippen LogP contribution < -0.4 is 5.32 Å². The van der Waals surface area contributed by atoms with Crippen LogP contribution in [0.1, 0.15) is 55.3 Å². The zero-order valence-corrected chi connectivity index (χ0v) is 17.8. The number of carbonyl (C=O) groups excluding carboxylic acids is 2. The predicted molar refractivity (Wildman–Crippen MR) is 115 cm³/mol. The first-order valence-electron chi connectivity index (χ1n) is 11.2. The van der Waals surface area contributed by atoms with Gasteiger partial charge in [-0.15, -0.1) is 0 Å². The van der Waals surface area contributed by atoms with E-state index in [4.69, 9.17) is 0 Å². The lowest BCUT2D eigenvalue weighted by atomic mass is 9.98. The van der Waals surface area contributed by atoms with E-state index in [1.54, 1.807) is 17.1 Å². The lowest BCUT2D eigenvalue weighted by Gasteiger charge is -2.35. The van der Waals surface area contributed by atoms with Crippen molar-refractivity contribution >= 4 is 22.8 Å². The van der Waals surface area contributed by atoms with Crippen LogP contribution >= 0.6 is 0 Å². The minimum atomic E-state index is 0.00245. The highest BCUT2D eigenvalue weighted by Gasteiger charge is 2.25. The largest absolute Gasteiger partial charge is 0.356 e. The van der Waals surface area contributed by atoms with Crippen LogP contribution in [0.25, 0.3) is 11.0 Å². The molecule has 0 spiro atoms. The molecule has 2 saturated heterocycles. The van der Waals surface area contributed by atoms with E-state index in [0.29, 0.717) is 31.1 Å². The van der Waals surface area contributed by atoms with Crippen molar-refractivity contribution < 1.29 is 9.59 Å². The van der Waals surface area contributed by atoms with Gasteiger partial charge in [-0.3, -0.25) is 24.2 Å². The fraction of sp³-hybridized carbons (Fsp3) is 0.636. The molecule has 0 aromatic carbocycles. The van der Waals surface area contributed by atoms with Crippen LogP contribution in [0.15, 0.2) is 18.5 Å². The number of fused-ring (bicyclic) bond motifs is 2. The molecule has 8 nitrogen and oxygen atoms in total. The van der Waals surface area contributed by atoms with Crippen LogP contribution in [0.2, 0.25) is 0 Å². The summed E-state index contributed by atoms with van der Waals surface area (Å²) in [5.74, 6) is 0.137. The van der Waals surface area contributed by atoms with E-state index in [1.807, 2.05) is 18.0 Å². The first kappa shape index (κ1) is 20.8. The molecule has 0 aliphatic carbocycles. The van der Waals surface area contributed by atoms with E-state index in [-0.39, 0.29) is 11.8 Å². The number of amides is 2. The molecule has 30 heavy (non-hydrogen) atoms.